The summed E-state index contributed by atoms with van der Waals surface area (Å²) >= 11 is 1.60. The van der Waals surface area contributed by atoms with Crippen LogP contribution in [0.15, 0.2) is 53.9 Å². The third-order valence-corrected chi connectivity index (χ3v) is 7.34. The zero-order valence-corrected chi connectivity index (χ0v) is 22.0. The van der Waals surface area contributed by atoms with Gasteiger partial charge in [-0.3, -0.25) is 10.1 Å². The second-order valence-electron chi connectivity index (χ2n) is 9.16. The van der Waals surface area contributed by atoms with Crippen LogP contribution in [0.25, 0.3) is 15.8 Å². The molecule has 1 aliphatic rings. The van der Waals surface area contributed by atoms with Crippen molar-refractivity contribution in [3.63, 3.8) is 0 Å². The van der Waals surface area contributed by atoms with Gasteiger partial charge >= 0.3 is 0 Å². The Morgan fingerprint density at radius 3 is 2.70 bits per heavy atom. The monoisotopic (exact) mass is 516 g/mol. The summed E-state index contributed by atoms with van der Waals surface area (Å²) in [5.74, 6) is 0.825. The number of methoxy groups -OCH3 is 1. The first-order chi connectivity index (χ1) is 17.9. The number of nitro groups is 1. The number of nitrogens with zero attached hydrogens (tertiary/aromatic N) is 5. The molecule has 10 heteroatoms. The number of anilines is 3. The lowest BCUT2D eigenvalue weighted by Crippen LogP contribution is -2.28. The Balaban J connectivity index is 1.55. The second-order valence-corrected chi connectivity index (χ2v) is 10.1. The van der Waals surface area contributed by atoms with E-state index in [1.165, 1.54) is 17.2 Å². The van der Waals surface area contributed by atoms with Gasteiger partial charge in [-0.15, -0.1) is 11.3 Å². The summed E-state index contributed by atoms with van der Waals surface area (Å²) in [6.07, 6.45) is 3.05. The minimum atomic E-state index is -0.374. The van der Waals surface area contributed by atoms with Crippen LogP contribution in [0.1, 0.15) is 16.8 Å². The summed E-state index contributed by atoms with van der Waals surface area (Å²) in [7, 11) is 7.32. The summed E-state index contributed by atoms with van der Waals surface area (Å²) in [6.45, 7) is 1.38. The van der Waals surface area contributed by atoms with E-state index in [1.54, 1.807) is 24.5 Å². The lowest BCUT2D eigenvalue weighted by atomic mass is 10.0. The Bertz CT molecular complexity index is 1510. The minimum Gasteiger partial charge on any atom is -0.494 e. The number of nitrogens with one attached hydrogen (secondary N) is 1. The predicted octanol–water partition coefficient (Wildman–Crippen LogP) is 5.34. The van der Waals surface area contributed by atoms with Crippen LogP contribution in [0.2, 0.25) is 0 Å². The second kappa shape index (κ2) is 10.2. The third-order valence-electron chi connectivity index (χ3n) is 6.43. The largest absolute Gasteiger partial charge is 0.494 e. The fourth-order valence-electron chi connectivity index (χ4n) is 4.48. The third kappa shape index (κ3) is 4.85. The smallest absolute Gasteiger partial charge is 0.294 e. The van der Waals surface area contributed by atoms with Gasteiger partial charge in [-0.05, 0) is 43.1 Å². The van der Waals surface area contributed by atoms with Crippen molar-refractivity contribution >= 4 is 50.1 Å². The van der Waals surface area contributed by atoms with E-state index in [2.05, 4.69) is 23.5 Å². The molecule has 4 aromatic rings. The number of allylic oxidation sites excluding steroid dienone is 1. The van der Waals surface area contributed by atoms with Gasteiger partial charge in [-0.2, -0.15) is 0 Å². The number of aromatic nitrogens is 2. The Morgan fingerprint density at radius 2 is 1.95 bits per heavy atom. The highest BCUT2D eigenvalue weighted by molar-refractivity contribution is 7.17. The molecule has 0 radical (unpaired) electrons. The summed E-state index contributed by atoms with van der Waals surface area (Å²) in [6, 6.07) is 13.5. The first-order valence-electron chi connectivity index (χ1n) is 11.9. The van der Waals surface area contributed by atoms with Crippen molar-refractivity contribution in [1.29, 1.82) is 0 Å². The van der Waals surface area contributed by atoms with Crippen LogP contribution in [-0.4, -0.2) is 61.1 Å². The highest BCUT2D eigenvalue weighted by Gasteiger charge is 2.24. The molecule has 5 rings (SSSR count). The minimum absolute atomic E-state index is 0.0196. The van der Waals surface area contributed by atoms with Gasteiger partial charge in [-0.1, -0.05) is 30.3 Å². The maximum absolute atomic E-state index is 12.0. The lowest BCUT2D eigenvalue weighted by Gasteiger charge is -2.22. The van der Waals surface area contributed by atoms with E-state index in [1.807, 2.05) is 54.5 Å². The molecule has 2 heterocycles. The van der Waals surface area contributed by atoms with E-state index in [-0.39, 0.29) is 10.6 Å². The van der Waals surface area contributed by atoms with E-state index >= 15 is 0 Å². The predicted molar refractivity (Wildman–Crippen MR) is 149 cm³/mol. The van der Waals surface area contributed by atoms with E-state index in [0.29, 0.717) is 29.6 Å². The molecule has 0 amide bonds. The number of benzene rings is 2. The number of nitro benzene ring substituents is 1. The van der Waals surface area contributed by atoms with Gasteiger partial charge in [0.1, 0.15) is 11.4 Å². The molecule has 0 unspecified atom stereocenters. The molecule has 0 aliphatic heterocycles. The fraction of sp³-hybridized carbons (Fsp3) is 0.259. The van der Waals surface area contributed by atoms with Gasteiger partial charge in [0.2, 0.25) is 5.95 Å². The highest BCUT2D eigenvalue weighted by Crippen LogP contribution is 2.40. The number of thiophene rings is 1. The average Bonchev–Trinajstić information content (AvgIpc) is 3.53. The molecule has 0 bridgehead atoms. The van der Waals surface area contributed by atoms with Crippen molar-refractivity contribution in [2.24, 2.45) is 0 Å². The first kappa shape index (κ1) is 24.7. The molecule has 0 fully saturated rings. The molecule has 190 valence electrons. The van der Waals surface area contributed by atoms with Crippen molar-refractivity contribution in [2.75, 3.05) is 51.6 Å². The highest BCUT2D eigenvalue weighted by atomic mass is 32.1. The summed E-state index contributed by atoms with van der Waals surface area (Å²) < 4.78 is 6.63. The van der Waals surface area contributed by atoms with Gasteiger partial charge in [0.05, 0.1) is 33.6 Å². The van der Waals surface area contributed by atoms with Crippen LogP contribution >= 0.6 is 11.3 Å². The van der Waals surface area contributed by atoms with Crippen LogP contribution in [0, 0.1) is 10.1 Å². The quantitative estimate of drug-likeness (QED) is 0.235. The SMILES string of the molecule is COc1cc(N(C)CCN(C)C)c([N+](=O)[O-])cc1Nc1nc(C2=CCc3ccccc32)c2sccc2n1. The number of fused-ring (bicyclic) bond motifs is 2. The van der Waals surface area contributed by atoms with Gasteiger partial charge in [-0.25, -0.2) is 9.97 Å². The molecule has 0 atom stereocenters. The zero-order valence-electron chi connectivity index (χ0n) is 21.2. The molecule has 2 aromatic heterocycles. The lowest BCUT2D eigenvalue weighted by molar-refractivity contribution is -0.384. The zero-order chi connectivity index (χ0) is 26.1. The Labute approximate surface area is 219 Å². The van der Waals surface area contributed by atoms with E-state index in [0.717, 1.165) is 34.4 Å². The van der Waals surface area contributed by atoms with Gasteiger partial charge in [0, 0.05) is 37.8 Å². The van der Waals surface area contributed by atoms with Crippen LogP contribution in [-0.2, 0) is 6.42 Å². The number of rotatable bonds is 9. The van der Waals surface area contributed by atoms with Crippen molar-refractivity contribution in [1.82, 2.24) is 14.9 Å². The molecule has 37 heavy (non-hydrogen) atoms. The van der Waals surface area contributed by atoms with Gasteiger partial charge in [0.15, 0.2) is 0 Å². The Hall–Kier alpha value is -4.02. The van der Waals surface area contributed by atoms with Crippen molar-refractivity contribution in [2.45, 2.75) is 6.42 Å². The molecule has 2 aromatic carbocycles. The maximum Gasteiger partial charge on any atom is 0.294 e. The van der Waals surface area contributed by atoms with Crippen LogP contribution in [0.3, 0.4) is 0 Å². The van der Waals surface area contributed by atoms with Gasteiger partial charge in [0.25, 0.3) is 5.69 Å². The molecular weight excluding hydrogens is 488 g/mol. The summed E-state index contributed by atoms with van der Waals surface area (Å²) in [5, 5.41) is 17.2. The van der Waals surface area contributed by atoms with Crippen molar-refractivity contribution in [3.05, 3.63) is 80.9 Å². The molecule has 9 nitrogen and oxygen atoms in total. The Kier molecular flexibility index (Phi) is 6.77. The number of likely N-dealkylation sites (N-methyl/N-ethyl adjacent to an activating group) is 2. The molecule has 1 N–H and O–H groups in total. The van der Waals surface area contributed by atoms with E-state index in [4.69, 9.17) is 14.7 Å². The molecular formula is C27H28N6O3S. The molecule has 0 saturated heterocycles. The number of hydrogen-bond acceptors (Lipinski definition) is 9. The maximum atomic E-state index is 12.0. The average molecular weight is 517 g/mol. The Morgan fingerprint density at radius 1 is 1.14 bits per heavy atom. The summed E-state index contributed by atoms with van der Waals surface area (Å²) in [4.78, 5) is 25.1. The summed E-state index contributed by atoms with van der Waals surface area (Å²) in [5.41, 5.74) is 6.06. The number of ether oxygens (including phenoxy) is 1. The van der Waals surface area contributed by atoms with Crippen LogP contribution in [0.5, 0.6) is 5.75 Å². The molecule has 0 spiro atoms. The normalized spacial score (nSPS) is 12.5. The molecule has 1 aliphatic carbocycles. The number of hydrogen-bond donors (Lipinski definition) is 1. The van der Waals surface area contributed by atoms with E-state index in [9.17, 15) is 10.1 Å². The standard InChI is InChI=1S/C27H28N6O3S/c1-31(2)12-13-32(3)22-16-24(36-4)21(15-23(22)33(34)35)29-27-28-20-11-14-37-26(20)25(30-27)19-10-9-17-7-5-6-8-18(17)19/h5-8,10-11,14-16H,9,12-13H2,1-4H3,(H,28,29,30). The fourth-order valence-corrected chi connectivity index (χ4v) is 5.31. The van der Waals surface area contributed by atoms with Crippen molar-refractivity contribution in [3.8, 4) is 5.75 Å². The first-order valence-corrected chi connectivity index (χ1v) is 12.8. The van der Waals surface area contributed by atoms with Crippen LogP contribution in [0.4, 0.5) is 23.0 Å². The topological polar surface area (TPSA) is 96.7 Å². The molecule has 0 saturated carbocycles. The van der Waals surface area contributed by atoms with Crippen molar-refractivity contribution < 1.29 is 9.66 Å². The van der Waals surface area contributed by atoms with Gasteiger partial charge < -0.3 is 19.9 Å². The van der Waals surface area contributed by atoms with E-state index < -0.39 is 0 Å². The van der Waals surface area contributed by atoms with Crippen LogP contribution < -0.4 is 15.0 Å².